The minimum atomic E-state index is -1.41. The van der Waals surface area contributed by atoms with E-state index in [1.807, 2.05) is 21.1 Å². The topological polar surface area (TPSA) is 140 Å². The Kier molecular flexibility index (Phi) is 11.0. The van der Waals surface area contributed by atoms with Gasteiger partial charge in [0.1, 0.15) is 17.8 Å². The van der Waals surface area contributed by atoms with Gasteiger partial charge >= 0.3 is 0 Å². The van der Waals surface area contributed by atoms with Crippen LogP contribution in [0.1, 0.15) is 19.3 Å². The molecule has 0 spiro atoms. The van der Waals surface area contributed by atoms with Crippen molar-refractivity contribution in [2.24, 2.45) is 22.7 Å². The highest BCUT2D eigenvalue weighted by molar-refractivity contribution is 5.96. The molecular formula is C25H41F2N9O3. The van der Waals surface area contributed by atoms with Gasteiger partial charge in [-0.2, -0.15) is 0 Å². The number of rotatable bonds is 11. The Balaban J connectivity index is 1.70. The van der Waals surface area contributed by atoms with Gasteiger partial charge in [0.15, 0.2) is 12.0 Å². The summed E-state index contributed by atoms with van der Waals surface area (Å²) in [5.41, 5.74) is 6.16. The number of hydrogen-bond donors (Lipinski definition) is 3. The maximum absolute atomic E-state index is 15.1. The molecule has 0 radical (unpaired) electrons. The van der Waals surface area contributed by atoms with Gasteiger partial charge < -0.3 is 25.8 Å². The van der Waals surface area contributed by atoms with E-state index in [9.17, 15) is 18.9 Å². The van der Waals surface area contributed by atoms with Crippen molar-refractivity contribution in [3.05, 3.63) is 23.1 Å². The fourth-order valence-electron chi connectivity index (χ4n) is 5.30. The van der Waals surface area contributed by atoms with Crippen LogP contribution >= 0.6 is 0 Å². The Bertz CT molecular complexity index is 994. The van der Waals surface area contributed by atoms with E-state index in [0.29, 0.717) is 32.5 Å². The molecule has 0 bridgehead atoms. The Hall–Kier alpha value is -2.81. The Morgan fingerprint density at radius 3 is 2.56 bits per heavy atom. The summed E-state index contributed by atoms with van der Waals surface area (Å²) in [6.07, 6.45) is 1.05. The van der Waals surface area contributed by atoms with Gasteiger partial charge in [-0.15, -0.1) is 4.91 Å². The minimum Gasteiger partial charge on any atom is -0.367 e. The van der Waals surface area contributed by atoms with Crippen molar-refractivity contribution >= 4 is 23.2 Å². The predicted octanol–water partition coefficient (Wildman–Crippen LogP) is 0.652. The quantitative estimate of drug-likeness (QED) is 0.337. The number of nitroso groups, excluding NO2 is 1. The van der Waals surface area contributed by atoms with Crippen molar-refractivity contribution in [3.63, 3.8) is 0 Å². The minimum absolute atomic E-state index is 0.00433. The van der Waals surface area contributed by atoms with Crippen LogP contribution in [0.5, 0.6) is 0 Å². The van der Waals surface area contributed by atoms with Crippen molar-refractivity contribution in [1.29, 1.82) is 0 Å². The number of amides is 2. The third-order valence-electron chi connectivity index (χ3n) is 7.41. The van der Waals surface area contributed by atoms with E-state index in [0.717, 1.165) is 19.2 Å². The van der Waals surface area contributed by atoms with Crippen LogP contribution in [0.15, 0.2) is 17.6 Å². The summed E-state index contributed by atoms with van der Waals surface area (Å²) in [5, 5.41) is 8.43. The molecule has 2 aliphatic heterocycles. The summed E-state index contributed by atoms with van der Waals surface area (Å²) >= 11 is 0. The molecular weight excluding hydrogens is 512 g/mol. The molecule has 4 N–H and O–H groups in total. The van der Waals surface area contributed by atoms with Gasteiger partial charge in [-0.25, -0.2) is 8.78 Å². The zero-order valence-electron chi connectivity index (χ0n) is 23.1. The van der Waals surface area contributed by atoms with Crippen molar-refractivity contribution in [2.45, 2.75) is 37.8 Å². The zero-order valence-corrected chi connectivity index (χ0v) is 23.1. The van der Waals surface area contributed by atoms with Gasteiger partial charge in [-0.1, -0.05) is 5.18 Å². The summed E-state index contributed by atoms with van der Waals surface area (Å²) in [4.78, 5) is 48.7. The van der Waals surface area contributed by atoms with Crippen LogP contribution < -0.4 is 21.3 Å². The van der Waals surface area contributed by atoms with Gasteiger partial charge in [0, 0.05) is 45.7 Å². The van der Waals surface area contributed by atoms with Crippen LogP contribution in [-0.4, -0.2) is 117 Å². The molecule has 2 fully saturated rings. The first-order chi connectivity index (χ1) is 18.5. The molecule has 2 amide bonds. The SMILES string of the molecule is CN(C)CCCN(C)C(=O)C1CCN(c2c(F)cncc2NC(=O)C(C(N)N=O)C2NCC(F)CN2C)CC1. The second kappa shape index (κ2) is 14.0. The number of piperidine rings is 1. The van der Waals surface area contributed by atoms with Crippen LogP contribution in [0.3, 0.4) is 0 Å². The Labute approximate surface area is 228 Å². The summed E-state index contributed by atoms with van der Waals surface area (Å²) in [7, 11) is 7.40. The number of pyridine rings is 1. The summed E-state index contributed by atoms with van der Waals surface area (Å²) < 4.78 is 28.9. The van der Waals surface area contributed by atoms with Crippen LogP contribution in [-0.2, 0) is 9.59 Å². The number of nitrogens with zero attached hydrogens (tertiary/aromatic N) is 6. The van der Waals surface area contributed by atoms with Crippen molar-refractivity contribution < 1.29 is 18.4 Å². The van der Waals surface area contributed by atoms with Crippen LogP contribution in [0.4, 0.5) is 20.2 Å². The lowest BCUT2D eigenvalue weighted by atomic mass is 9.94. The Morgan fingerprint density at radius 2 is 1.95 bits per heavy atom. The fourth-order valence-corrected chi connectivity index (χ4v) is 5.30. The number of halogens is 2. The van der Waals surface area contributed by atoms with Gasteiger partial charge in [0.2, 0.25) is 11.8 Å². The molecule has 4 atom stereocenters. The molecule has 4 unspecified atom stereocenters. The first-order valence-corrected chi connectivity index (χ1v) is 13.3. The second-order valence-corrected chi connectivity index (χ2v) is 10.7. The second-order valence-electron chi connectivity index (χ2n) is 10.7. The largest absolute Gasteiger partial charge is 0.367 e. The molecule has 1 aromatic rings. The number of nitrogens with two attached hydrogens (primary N) is 1. The van der Waals surface area contributed by atoms with E-state index in [1.165, 1.54) is 6.20 Å². The summed E-state index contributed by atoms with van der Waals surface area (Å²) in [6, 6.07) is 0. The van der Waals surface area contributed by atoms with Crippen molar-refractivity contribution in [1.82, 2.24) is 25.0 Å². The Morgan fingerprint density at radius 1 is 1.26 bits per heavy atom. The fraction of sp³-hybridized carbons (Fsp3) is 0.720. The molecule has 0 aliphatic carbocycles. The molecule has 0 saturated carbocycles. The molecule has 39 heavy (non-hydrogen) atoms. The maximum Gasteiger partial charge on any atom is 0.234 e. The normalized spacial score (nSPS) is 22.4. The van der Waals surface area contributed by atoms with Crippen molar-refractivity contribution in [3.8, 4) is 0 Å². The standard InChI is InChI=1S/C25H41F2N9O3/c1-33(2)8-5-9-34(3)25(38)16-6-10-36(11-7-16)21-18(27)13-29-14-19(21)31-24(37)20(22(28)32-39)23-30-12-17(26)15-35(23)4/h13-14,16-17,20,22-23,30H,5-12,15,28H2,1-4H3,(H,31,37). The van der Waals surface area contributed by atoms with E-state index in [2.05, 4.69) is 25.7 Å². The number of hydrogen-bond acceptors (Lipinski definition) is 10. The summed E-state index contributed by atoms with van der Waals surface area (Å²) in [5.74, 6) is -2.54. The zero-order chi connectivity index (χ0) is 28.7. The number of carbonyl (C=O) groups excluding carboxylic acids is 2. The number of carbonyl (C=O) groups is 2. The molecule has 3 rings (SSSR count). The van der Waals surface area contributed by atoms with Crippen LogP contribution in [0.25, 0.3) is 0 Å². The molecule has 0 aromatic carbocycles. The van der Waals surface area contributed by atoms with Crippen LogP contribution in [0, 0.1) is 22.6 Å². The van der Waals surface area contributed by atoms with Crippen LogP contribution in [0.2, 0.25) is 0 Å². The van der Waals surface area contributed by atoms with Gasteiger partial charge in [0.05, 0.1) is 24.2 Å². The smallest absolute Gasteiger partial charge is 0.234 e. The third-order valence-corrected chi connectivity index (χ3v) is 7.41. The first kappa shape index (κ1) is 30.7. The highest BCUT2D eigenvalue weighted by atomic mass is 19.1. The van der Waals surface area contributed by atoms with E-state index in [4.69, 9.17) is 5.73 Å². The maximum atomic E-state index is 15.1. The van der Waals surface area contributed by atoms with Gasteiger partial charge in [-0.3, -0.25) is 24.8 Å². The van der Waals surface area contributed by atoms with Gasteiger partial charge in [-0.05, 0) is 47.0 Å². The number of alkyl halides is 1. The first-order valence-electron chi connectivity index (χ1n) is 13.3. The average Bonchev–Trinajstić information content (AvgIpc) is 2.89. The average molecular weight is 554 g/mol. The number of anilines is 2. The lowest BCUT2D eigenvalue weighted by molar-refractivity contribution is -0.135. The molecule has 218 valence electrons. The van der Waals surface area contributed by atoms with Gasteiger partial charge in [0.25, 0.3) is 0 Å². The third kappa shape index (κ3) is 7.87. The highest BCUT2D eigenvalue weighted by Gasteiger charge is 2.40. The monoisotopic (exact) mass is 553 g/mol. The number of aromatic nitrogens is 1. The van der Waals surface area contributed by atoms with E-state index in [1.54, 1.807) is 21.7 Å². The molecule has 12 nitrogen and oxygen atoms in total. The van der Waals surface area contributed by atoms with E-state index < -0.39 is 36.1 Å². The highest BCUT2D eigenvalue weighted by Crippen LogP contribution is 2.33. The van der Waals surface area contributed by atoms with E-state index in [-0.39, 0.29) is 36.3 Å². The molecule has 2 saturated heterocycles. The molecule has 14 heteroatoms. The van der Waals surface area contributed by atoms with Crippen molar-refractivity contribution in [2.75, 3.05) is 77.7 Å². The molecule has 3 heterocycles. The molecule has 2 aliphatic rings. The number of nitrogens with one attached hydrogen (secondary N) is 2. The predicted molar refractivity (Wildman–Crippen MR) is 145 cm³/mol. The molecule has 1 aromatic heterocycles. The lowest BCUT2D eigenvalue weighted by Crippen LogP contribution is -2.62. The lowest BCUT2D eigenvalue weighted by Gasteiger charge is -2.40. The van der Waals surface area contributed by atoms with E-state index >= 15 is 4.39 Å². The summed E-state index contributed by atoms with van der Waals surface area (Å²) in [6.45, 7) is 2.44.